The summed E-state index contributed by atoms with van der Waals surface area (Å²) in [5, 5.41) is 0. The molecule has 0 N–H and O–H groups in total. The van der Waals surface area contributed by atoms with Gasteiger partial charge in [-0.2, -0.15) is 0 Å². The van der Waals surface area contributed by atoms with Crippen LogP contribution in [0.1, 0.15) is 36.5 Å². The third-order valence-corrected chi connectivity index (χ3v) is 3.33. The van der Waals surface area contributed by atoms with Crippen LogP contribution in [0, 0.1) is 18.7 Å². The summed E-state index contributed by atoms with van der Waals surface area (Å²) in [7, 11) is 0. The Balaban J connectivity index is 2.39. The zero-order valence-corrected chi connectivity index (χ0v) is 11.2. The normalized spacial score (nSPS) is 12.7. The second-order valence-electron chi connectivity index (χ2n) is 5.18. The Morgan fingerprint density at radius 3 is 1.67 bits per heavy atom. The molecule has 0 aliphatic heterocycles. The van der Waals surface area contributed by atoms with Gasteiger partial charge >= 0.3 is 0 Å². The molecular formula is C17H19F. The van der Waals surface area contributed by atoms with Crippen molar-refractivity contribution in [1.29, 1.82) is 0 Å². The summed E-state index contributed by atoms with van der Waals surface area (Å²) in [5.41, 5.74) is 3.73. The van der Waals surface area contributed by atoms with E-state index in [1.54, 1.807) is 12.1 Å². The predicted octanol–water partition coefficient (Wildman–Crippen LogP) is 4.92. The van der Waals surface area contributed by atoms with Crippen LogP contribution in [0.15, 0.2) is 48.5 Å². The lowest BCUT2D eigenvalue weighted by molar-refractivity contribution is 0.561. The summed E-state index contributed by atoms with van der Waals surface area (Å²) in [6.45, 7) is 6.49. The molecule has 0 spiro atoms. The Kier molecular flexibility index (Phi) is 3.81. The van der Waals surface area contributed by atoms with Gasteiger partial charge in [0.2, 0.25) is 0 Å². The molecule has 0 amide bonds. The molecule has 0 saturated heterocycles. The molecule has 0 aliphatic carbocycles. The van der Waals surface area contributed by atoms with Gasteiger partial charge in [0.1, 0.15) is 5.82 Å². The lowest BCUT2D eigenvalue weighted by atomic mass is 9.82. The highest BCUT2D eigenvalue weighted by molar-refractivity contribution is 5.34. The summed E-state index contributed by atoms with van der Waals surface area (Å²) in [6.07, 6.45) is 0. The van der Waals surface area contributed by atoms with E-state index in [1.165, 1.54) is 16.7 Å². The molecule has 94 valence electrons. The Bertz CT molecular complexity index is 449. The van der Waals surface area contributed by atoms with Crippen LogP contribution in [0.3, 0.4) is 0 Å². The van der Waals surface area contributed by atoms with E-state index < -0.39 is 0 Å². The molecule has 1 atom stereocenters. The van der Waals surface area contributed by atoms with Crippen molar-refractivity contribution < 1.29 is 4.39 Å². The van der Waals surface area contributed by atoms with Gasteiger partial charge in [0, 0.05) is 5.92 Å². The van der Waals surface area contributed by atoms with Gasteiger partial charge in [-0.15, -0.1) is 0 Å². The van der Waals surface area contributed by atoms with Crippen molar-refractivity contribution in [3.8, 4) is 0 Å². The Hall–Kier alpha value is -1.63. The Morgan fingerprint density at radius 1 is 0.778 bits per heavy atom. The van der Waals surface area contributed by atoms with Gasteiger partial charge in [0.25, 0.3) is 0 Å². The predicted molar refractivity (Wildman–Crippen MR) is 74.3 cm³/mol. The summed E-state index contributed by atoms with van der Waals surface area (Å²) < 4.78 is 13.0. The minimum absolute atomic E-state index is 0.176. The van der Waals surface area contributed by atoms with Gasteiger partial charge < -0.3 is 0 Å². The second-order valence-corrected chi connectivity index (χ2v) is 5.18. The fourth-order valence-corrected chi connectivity index (χ4v) is 2.41. The van der Waals surface area contributed by atoms with Crippen LogP contribution < -0.4 is 0 Å². The van der Waals surface area contributed by atoms with Gasteiger partial charge in [-0.25, -0.2) is 4.39 Å². The van der Waals surface area contributed by atoms with E-state index in [-0.39, 0.29) is 5.82 Å². The molecule has 0 bridgehead atoms. The third kappa shape index (κ3) is 2.79. The number of hydrogen-bond acceptors (Lipinski definition) is 0. The molecule has 1 unspecified atom stereocenters. The maximum absolute atomic E-state index is 13.0. The van der Waals surface area contributed by atoms with Crippen molar-refractivity contribution in [1.82, 2.24) is 0 Å². The molecule has 0 aliphatic rings. The highest BCUT2D eigenvalue weighted by Gasteiger charge is 2.17. The molecule has 2 aromatic carbocycles. The standard InChI is InChI=1S/C17H19F/c1-12(2)17(14-6-4-13(3)5-7-14)15-8-10-16(18)11-9-15/h4-12,17H,1-3H3. The average molecular weight is 242 g/mol. The van der Waals surface area contributed by atoms with Crippen LogP contribution >= 0.6 is 0 Å². The van der Waals surface area contributed by atoms with Crippen LogP contribution in [-0.2, 0) is 0 Å². The lowest BCUT2D eigenvalue weighted by Gasteiger charge is -2.22. The minimum Gasteiger partial charge on any atom is -0.207 e. The first-order valence-corrected chi connectivity index (χ1v) is 6.40. The SMILES string of the molecule is Cc1ccc(C(c2ccc(F)cc2)C(C)C)cc1. The van der Waals surface area contributed by atoms with Gasteiger partial charge in [0.15, 0.2) is 0 Å². The second kappa shape index (κ2) is 5.34. The van der Waals surface area contributed by atoms with Crippen molar-refractivity contribution in [2.45, 2.75) is 26.7 Å². The van der Waals surface area contributed by atoms with E-state index in [1.807, 2.05) is 12.1 Å². The van der Waals surface area contributed by atoms with E-state index >= 15 is 0 Å². The number of halogens is 1. The minimum atomic E-state index is -0.176. The van der Waals surface area contributed by atoms with Gasteiger partial charge in [0.05, 0.1) is 0 Å². The molecular weight excluding hydrogens is 223 g/mol. The third-order valence-electron chi connectivity index (χ3n) is 3.33. The topological polar surface area (TPSA) is 0 Å². The van der Waals surface area contributed by atoms with Crippen LogP contribution in [0.2, 0.25) is 0 Å². The molecule has 2 rings (SSSR count). The maximum atomic E-state index is 13.0. The molecule has 0 saturated carbocycles. The molecule has 18 heavy (non-hydrogen) atoms. The van der Waals surface area contributed by atoms with E-state index in [2.05, 4.69) is 45.0 Å². The summed E-state index contributed by atoms with van der Waals surface area (Å²) >= 11 is 0. The van der Waals surface area contributed by atoms with Crippen LogP contribution in [0.5, 0.6) is 0 Å². The van der Waals surface area contributed by atoms with E-state index in [4.69, 9.17) is 0 Å². The van der Waals surface area contributed by atoms with Crippen molar-refractivity contribution >= 4 is 0 Å². The number of benzene rings is 2. The molecule has 2 aromatic rings. The van der Waals surface area contributed by atoms with Crippen LogP contribution in [0.4, 0.5) is 4.39 Å². The summed E-state index contributed by atoms with van der Waals surface area (Å²) in [4.78, 5) is 0. The first-order valence-electron chi connectivity index (χ1n) is 6.40. The van der Waals surface area contributed by atoms with Crippen molar-refractivity contribution in [2.75, 3.05) is 0 Å². The fraction of sp³-hybridized carbons (Fsp3) is 0.294. The monoisotopic (exact) mass is 242 g/mol. The fourth-order valence-electron chi connectivity index (χ4n) is 2.41. The molecule has 0 heterocycles. The van der Waals surface area contributed by atoms with Gasteiger partial charge in [-0.1, -0.05) is 55.8 Å². The molecule has 1 heteroatoms. The summed E-state index contributed by atoms with van der Waals surface area (Å²) in [6, 6.07) is 15.5. The van der Waals surface area contributed by atoms with Crippen molar-refractivity contribution in [2.24, 2.45) is 5.92 Å². The zero-order valence-electron chi connectivity index (χ0n) is 11.2. The number of hydrogen-bond donors (Lipinski definition) is 0. The van der Waals surface area contributed by atoms with Gasteiger partial charge in [-0.3, -0.25) is 0 Å². The largest absolute Gasteiger partial charge is 0.207 e. The molecule has 0 fully saturated rings. The number of aryl methyl sites for hydroxylation is 1. The number of rotatable bonds is 3. The smallest absolute Gasteiger partial charge is 0.123 e. The van der Waals surface area contributed by atoms with Crippen LogP contribution in [0.25, 0.3) is 0 Å². The maximum Gasteiger partial charge on any atom is 0.123 e. The molecule has 0 aromatic heterocycles. The molecule has 0 radical (unpaired) electrons. The van der Waals surface area contributed by atoms with Crippen molar-refractivity contribution in [3.05, 3.63) is 71.0 Å². The summed E-state index contributed by atoms with van der Waals surface area (Å²) in [5.74, 6) is 0.634. The Morgan fingerprint density at radius 2 is 1.22 bits per heavy atom. The zero-order chi connectivity index (χ0) is 13.1. The highest BCUT2D eigenvalue weighted by atomic mass is 19.1. The van der Waals surface area contributed by atoms with Crippen LogP contribution in [-0.4, -0.2) is 0 Å². The first kappa shape index (κ1) is 12.8. The van der Waals surface area contributed by atoms with E-state index in [0.29, 0.717) is 11.8 Å². The average Bonchev–Trinajstić information content (AvgIpc) is 2.34. The Labute approximate surface area is 108 Å². The quantitative estimate of drug-likeness (QED) is 0.716. The highest BCUT2D eigenvalue weighted by Crippen LogP contribution is 2.31. The van der Waals surface area contributed by atoms with Crippen molar-refractivity contribution in [3.63, 3.8) is 0 Å². The lowest BCUT2D eigenvalue weighted by Crippen LogP contribution is -2.08. The first-order chi connectivity index (χ1) is 8.58. The van der Waals surface area contributed by atoms with E-state index in [0.717, 1.165) is 0 Å². The van der Waals surface area contributed by atoms with E-state index in [9.17, 15) is 4.39 Å². The molecule has 0 nitrogen and oxygen atoms in total. The van der Waals surface area contributed by atoms with Gasteiger partial charge in [-0.05, 0) is 36.1 Å².